The third-order valence-corrected chi connectivity index (χ3v) is 11.0. The maximum Gasteiger partial charge on any atom is 0.308 e. The second-order valence-electron chi connectivity index (χ2n) is 10.4. The van der Waals surface area contributed by atoms with E-state index in [4.69, 9.17) is 0 Å². The summed E-state index contributed by atoms with van der Waals surface area (Å²) in [5.74, 6) is 2.12. The molecule has 7 heteroatoms. The van der Waals surface area contributed by atoms with Crippen LogP contribution in [0.3, 0.4) is 0 Å². The minimum absolute atomic E-state index is 0.0235. The van der Waals surface area contributed by atoms with Gasteiger partial charge in [-0.3, -0.25) is 14.2 Å². The van der Waals surface area contributed by atoms with Gasteiger partial charge in [0.25, 0.3) is 0 Å². The first kappa shape index (κ1) is 22.9. The van der Waals surface area contributed by atoms with Gasteiger partial charge in [0.05, 0.1) is 5.03 Å². The van der Waals surface area contributed by atoms with Crippen molar-refractivity contribution >= 4 is 40.4 Å². The van der Waals surface area contributed by atoms with Crippen LogP contribution >= 0.6 is 23.1 Å². The Morgan fingerprint density at radius 1 is 1.09 bits per heavy atom. The maximum absolute atomic E-state index is 13.3. The average Bonchev–Trinajstić information content (AvgIpc) is 3.54. The molecule has 2 bridgehead atoms. The average molecular weight is 506 g/mol. The van der Waals surface area contributed by atoms with E-state index in [2.05, 4.69) is 48.6 Å². The number of nitrogens with zero attached hydrogens (tertiary/aromatic N) is 2. The van der Waals surface area contributed by atoms with Gasteiger partial charge in [0.2, 0.25) is 5.91 Å². The van der Waals surface area contributed by atoms with Gasteiger partial charge >= 0.3 is 4.87 Å². The van der Waals surface area contributed by atoms with Crippen molar-refractivity contribution in [2.24, 2.45) is 17.8 Å². The number of aromatic nitrogens is 1. The summed E-state index contributed by atoms with van der Waals surface area (Å²) in [5, 5.41) is 4.56. The number of nitrogens with one attached hydrogen (secondary N) is 1. The van der Waals surface area contributed by atoms with Crippen LogP contribution in [0.25, 0.3) is 0 Å². The number of fused-ring (bicyclic) bond motifs is 6. The molecule has 2 saturated carbocycles. The summed E-state index contributed by atoms with van der Waals surface area (Å²) in [6.07, 6.45) is 3.91. The van der Waals surface area contributed by atoms with Crippen molar-refractivity contribution in [2.45, 2.75) is 48.9 Å². The number of carbonyl (C=O) groups is 1. The molecule has 1 amide bonds. The zero-order valence-corrected chi connectivity index (χ0v) is 22.0. The molecule has 182 valence electrons. The molecule has 2 aromatic carbocycles. The quantitative estimate of drug-likeness (QED) is 0.492. The van der Waals surface area contributed by atoms with Gasteiger partial charge in [-0.25, -0.2) is 0 Å². The van der Waals surface area contributed by atoms with Gasteiger partial charge in [-0.15, -0.1) is 11.8 Å². The first-order chi connectivity index (χ1) is 16.9. The van der Waals surface area contributed by atoms with Crippen molar-refractivity contribution in [2.75, 3.05) is 24.3 Å². The lowest BCUT2D eigenvalue weighted by atomic mass is 9.75. The zero-order chi connectivity index (χ0) is 24.3. The van der Waals surface area contributed by atoms with Gasteiger partial charge in [0, 0.05) is 41.5 Å². The topological polar surface area (TPSA) is 54.3 Å². The fourth-order valence-electron chi connectivity index (χ4n) is 6.49. The monoisotopic (exact) mass is 505 g/mol. The summed E-state index contributed by atoms with van der Waals surface area (Å²) in [5.41, 5.74) is 4.30. The highest BCUT2D eigenvalue weighted by molar-refractivity contribution is 8.00. The molecule has 1 aliphatic heterocycles. The smallest absolute Gasteiger partial charge is 0.308 e. The van der Waals surface area contributed by atoms with E-state index in [0.29, 0.717) is 11.2 Å². The Bertz CT molecular complexity index is 1330. The molecule has 5 nitrogen and oxygen atoms in total. The normalized spacial score (nSPS) is 26.3. The summed E-state index contributed by atoms with van der Waals surface area (Å²) >= 11 is 3.24. The van der Waals surface area contributed by atoms with Crippen LogP contribution < -0.4 is 15.1 Å². The van der Waals surface area contributed by atoms with Crippen molar-refractivity contribution < 1.29 is 4.79 Å². The fourth-order valence-corrected chi connectivity index (χ4v) is 9.64. The van der Waals surface area contributed by atoms with Crippen LogP contribution in [-0.4, -0.2) is 29.8 Å². The number of anilines is 2. The van der Waals surface area contributed by atoms with Crippen LogP contribution in [0.2, 0.25) is 0 Å². The number of thiazole rings is 1. The summed E-state index contributed by atoms with van der Waals surface area (Å²) in [7, 11) is 4.12. The highest BCUT2D eigenvalue weighted by atomic mass is 32.2. The molecule has 2 fully saturated rings. The number of hydrogen-bond donors (Lipinski definition) is 1. The Labute approximate surface area is 214 Å². The third kappa shape index (κ3) is 3.93. The molecule has 5 unspecified atom stereocenters. The van der Waals surface area contributed by atoms with E-state index < -0.39 is 0 Å². The van der Waals surface area contributed by atoms with Crippen molar-refractivity contribution in [3.8, 4) is 0 Å². The number of amides is 1. The molecule has 5 atom stereocenters. The Kier molecular flexibility index (Phi) is 5.80. The number of rotatable bonds is 5. The second-order valence-corrected chi connectivity index (χ2v) is 12.6. The lowest BCUT2D eigenvalue weighted by Gasteiger charge is -2.40. The van der Waals surface area contributed by atoms with E-state index >= 15 is 0 Å². The Morgan fingerprint density at radius 2 is 1.83 bits per heavy atom. The molecule has 35 heavy (non-hydrogen) atoms. The molecule has 1 aromatic heterocycles. The molecule has 0 spiro atoms. The second kappa shape index (κ2) is 8.86. The first-order valence-electron chi connectivity index (χ1n) is 12.4. The van der Waals surface area contributed by atoms with E-state index in [0.717, 1.165) is 33.0 Å². The lowest BCUT2D eigenvalue weighted by molar-refractivity contribution is -0.116. The molecule has 3 aliphatic rings. The molecule has 1 N–H and O–H groups in total. The van der Waals surface area contributed by atoms with Crippen molar-refractivity contribution in [1.82, 2.24) is 4.57 Å². The number of benzene rings is 2. The highest BCUT2D eigenvalue weighted by Gasteiger charge is 2.55. The van der Waals surface area contributed by atoms with Crippen LogP contribution in [0.15, 0.2) is 58.4 Å². The predicted octanol–water partition coefficient (Wildman–Crippen LogP) is 5.58. The van der Waals surface area contributed by atoms with E-state index in [-0.39, 0.29) is 23.2 Å². The minimum atomic E-state index is -0.149. The van der Waals surface area contributed by atoms with Gasteiger partial charge < -0.3 is 10.2 Å². The molecule has 0 saturated heterocycles. The van der Waals surface area contributed by atoms with Crippen LogP contribution in [0.5, 0.6) is 0 Å². The van der Waals surface area contributed by atoms with Crippen LogP contribution in [-0.2, 0) is 11.3 Å². The van der Waals surface area contributed by atoms with Gasteiger partial charge in [-0.05, 0) is 73.3 Å². The molecule has 6 rings (SSSR count). The standard InChI is InChI=1S/C28H31N3O2S2/c1-16-6-4-5-7-21(16)29-22(32)15-31-27-26(35-28(31)33)23(17-10-12-20(13-11-17)30(2)3)24-18-8-9-19(14-18)25(24)34-27/h4-7,10-13,18-19,23-25H,8-9,14-15H2,1-3H3,(H,29,32). The van der Waals surface area contributed by atoms with Gasteiger partial charge in [-0.1, -0.05) is 41.7 Å². The summed E-state index contributed by atoms with van der Waals surface area (Å²) in [6, 6.07) is 16.6. The Balaban J connectivity index is 1.37. The minimum Gasteiger partial charge on any atom is -0.378 e. The predicted molar refractivity (Wildman–Crippen MR) is 145 cm³/mol. The van der Waals surface area contributed by atoms with E-state index in [1.165, 1.54) is 41.9 Å². The van der Waals surface area contributed by atoms with E-state index in [1.54, 1.807) is 4.57 Å². The van der Waals surface area contributed by atoms with Crippen LogP contribution in [0, 0.1) is 24.7 Å². The summed E-state index contributed by atoms with van der Waals surface area (Å²) < 4.78 is 1.74. The number of aryl methyl sites for hydroxylation is 1. The first-order valence-corrected chi connectivity index (χ1v) is 14.1. The molecular weight excluding hydrogens is 474 g/mol. The molecule has 3 aromatic rings. The van der Waals surface area contributed by atoms with Crippen LogP contribution in [0.1, 0.15) is 41.2 Å². The van der Waals surface area contributed by atoms with E-state index in [9.17, 15) is 9.59 Å². The summed E-state index contributed by atoms with van der Waals surface area (Å²) in [4.78, 5) is 29.5. The summed E-state index contributed by atoms with van der Waals surface area (Å²) in [6.45, 7) is 2.04. The fraction of sp³-hybridized carbons (Fsp3) is 0.429. The molecule has 2 aliphatic carbocycles. The molecule has 2 heterocycles. The van der Waals surface area contributed by atoms with Crippen molar-refractivity contribution in [3.05, 3.63) is 74.2 Å². The number of carbonyl (C=O) groups excluding carboxylic acids is 1. The van der Waals surface area contributed by atoms with Crippen molar-refractivity contribution in [1.29, 1.82) is 0 Å². The third-order valence-electron chi connectivity index (χ3n) is 8.18. The molecule has 0 radical (unpaired) electrons. The Hall–Kier alpha value is -2.51. The van der Waals surface area contributed by atoms with Gasteiger partial charge in [-0.2, -0.15) is 0 Å². The number of hydrogen-bond acceptors (Lipinski definition) is 5. The highest BCUT2D eigenvalue weighted by Crippen LogP contribution is 2.64. The largest absolute Gasteiger partial charge is 0.378 e. The van der Waals surface area contributed by atoms with Gasteiger partial charge in [0.1, 0.15) is 6.54 Å². The molecular formula is C28H31N3O2S2. The van der Waals surface area contributed by atoms with Crippen molar-refractivity contribution in [3.63, 3.8) is 0 Å². The van der Waals surface area contributed by atoms with Gasteiger partial charge in [0.15, 0.2) is 0 Å². The lowest BCUT2D eigenvalue weighted by Crippen LogP contribution is -2.34. The SMILES string of the molecule is Cc1ccccc1NC(=O)Cn1c2c(sc1=O)C(c1ccc(N(C)C)cc1)C1C3CCC(C3)C1S2. The number of thioether (sulfide) groups is 1. The van der Waals surface area contributed by atoms with Crippen LogP contribution in [0.4, 0.5) is 11.4 Å². The van der Waals surface area contributed by atoms with E-state index in [1.807, 2.05) is 43.0 Å². The Morgan fingerprint density at radius 3 is 2.57 bits per heavy atom. The number of para-hydroxylation sites is 1. The zero-order valence-electron chi connectivity index (χ0n) is 20.4. The maximum atomic E-state index is 13.3.